The quantitative estimate of drug-likeness (QED) is 0.145. The van der Waals surface area contributed by atoms with Gasteiger partial charge in [-0.3, -0.25) is 0 Å². The first-order chi connectivity index (χ1) is 16.5. The average molecular weight is 792 g/mol. The zero-order valence-electron chi connectivity index (χ0n) is 19.6. The van der Waals surface area contributed by atoms with E-state index < -0.39 is 30.6 Å². The first kappa shape index (κ1) is 33.7. The van der Waals surface area contributed by atoms with Gasteiger partial charge in [-0.25, -0.2) is 16.8 Å². The number of hydrogen-bond acceptors (Lipinski definition) is 8. The molecule has 0 amide bonds. The van der Waals surface area contributed by atoms with Crippen molar-refractivity contribution in [3.05, 3.63) is 91.0 Å². The van der Waals surface area contributed by atoms with Crippen molar-refractivity contribution in [3.63, 3.8) is 0 Å². The molecule has 8 nitrogen and oxygen atoms in total. The van der Waals surface area contributed by atoms with E-state index in [2.05, 4.69) is 6.07 Å². The topological polar surface area (TPSA) is 143 Å². The van der Waals surface area contributed by atoms with Crippen molar-refractivity contribution >= 4 is 30.6 Å². The van der Waals surface area contributed by atoms with Crippen LogP contribution in [0.15, 0.2) is 99.6 Å². The third-order valence-electron chi connectivity index (χ3n) is 5.36. The largest absolute Gasteiger partial charge is 1.00 e. The summed E-state index contributed by atoms with van der Waals surface area (Å²) in [5.41, 5.74) is 4.22. The van der Waals surface area contributed by atoms with Crippen LogP contribution in [0, 0.1) is 6.07 Å². The Labute approximate surface area is 333 Å². The van der Waals surface area contributed by atoms with Crippen LogP contribution in [0.1, 0.15) is 0 Å². The molecule has 5 rings (SSSR count). The van der Waals surface area contributed by atoms with Gasteiger partial charge in [-0.1, -0.05) is 36.4 Å². The Bertz CT molecular complexity index is 1770. The number of fused-ring (bicyclic) bond motifs is 3. The Morgan fingerprint density at radius 3 is 1.43 bits per heavy atom. The predicted molar refractivity (Wildman–Crippen MR) is 125 cm³/mol. The van der Waals surface area contributed by atoms with E-state index in [0.717, 1.165) is 11.1 Å². The van der Waals surface area contributed by atoms with Crippen LogP contribution in [0.5, 0.6) is 0 Å². The molecule has 0 unspecified atom stereocenters. The van der Waals surface area contributed by atoms with Crippen LogP contribution in [0.25, 0.3) is 33.4 Å². The van der Waals surface area contributed by atoms with E-state index in [1.807, 2.05) is 24.3 Å². The van der Waals surface area contributed by atoms with Crippen LogP contribution in [0.3, 0.4) is 0 Å². The molecular weight excluding hydrogens is 778 g/mol. The summed E-state index contributed by atoms with van der Waals surface area (Å²) < 4.78 is 85.4. The molecule has 0 aromatic heterocycles. The van der Waals surface area contributed by atoms with Gasteiger partial charge in [0.25, 0.3) is 0 Å². The summed E-state index contributed by atoms with van der Waals surface area (Å²) in [5.74, 6) is 0. The van der Waals surface area contributed by atoms with E-state index in [4.69, 9.17) is 12.6 Å². The Kier molecular flexibility index (Phi) is 12.6. The van der Waals surface area contributed by atoms with Crippen molar-refractivity contribution in [1.82, 2.24) is 0 Å². The van der Waals surface area contributed by atoms with Gasteiger partial charge in [0.1, 0.15) is 10.1 Å². The molecule has 0 bridgehead atoms. The fraction of sp³-hybridized carbons (Fsp3) is 0. The summed E-state index contributed by atoms with van der Waals surface area (Å²) in [4.78, 5) is 0.139. The Hall–Kier alpha value is 0.464. The van der Waals surface area contributed by atoms with E-state index in [-0.39, 0.29) is 152 Å². The van der Waals surface area contributed by atoms with Crippen LogP contribution >= 0.6 is 0 Å². The van der Waals surface area contributed by atoms with E-state index in [1.54, 1.807) is 36.4 Å². The molecule has 4 aromatic rings. The van der Waals surface area contributed by atoms with Gasteiger partial charge in [-0.2, -0.15) is 30.3 Å². The van der Waals surface area contributed by atoms with Crippen molar-refractivity contribution < 1.29 is 172 Å². The zero-order chi connectivity index (χ0) is 25.4. The van der Waals surface area contributed by atoms with Gasteiger partial charge in [0.05, 0.1) is 14.7 Å². The third-order valence-corrected chi connectivity index (χ3v) is 8.04. The number of benzene rings is 4. The maximum atomic E-state index is 13.3. The van der Waals surface area contributed by atoms with Crippen molar-refractivity contribution in [2.24, 2.45) is 0 Å². The summed E-state index contributed by atoms with van der Waals surface area (Å²) in [5, 5.41) is 0. The molecule has 0 N–H and O–H groups in total. The molecule has 37 heavy (non-hydrogen) atoms. The summed E-state index contributed by atoms with van der Waals surface area (Å²) in [6, 6.07) is 26.2. The van der Waals surface area contributed by atoms with Crippen LogP contribution in [0.2, 0.25) is 0 Å². The fourth-order valence-corrected chi connectivity index (χ4v) is 6.01. The second-order valence-electron chi connectivity index (χ2n) is 7.40. The summed E-state index contributed by atoms with van der Waals surface area (Å²) >= 11 is 0. The van der Waals surface area contributed by atoms with E-state index in [0.29, 0.717) is 22.3 Å². The maximum absolute atomic E-state index is 13.3. The molecular formula is C24H14Cs2O8S3. The van der Waals surface area contributed by atoms with E-state index in [1.165, 1.54) is 24.3 Å². The number of sulfone groups is 1. The first-order valence-corrected chi connectivity index (χ1v) is 13.7. The fourth-order valence-electron chi connectivity index (χ4n) is 3.81. The van der Waals surface area contributed by atoms with Crippen LogP contribution < -0.4 is 138 Å². The maximum Gasteiger partial charge on any atom is 1.00 e. The monoisotopic (exact) mass is 792 g/mol. The molecule has 1 aliphatic heterocycles. The second kappa shape index (κ2) is 13.9. The standard InChI is InChI=1S/C24H15O5S2.2Cs.O3S/c25-30(26)23-14-18(16-4-2-1-3-5-16)8-12-21(23)22-13-9-19(15-24(22)30)17-6-10-20(11-7-17)31(27,28)29;;;1-4(2)3/h2-15H,(H,27,28,29);;;/q-1;2*+1;/p-1. The molecule has 0 aliphatic carbocycles. The first-order valence-electron chi connectivity index (χ1n) is 9.81. The molecule has 0 fully saturated rings. The molecule has 0 saturated carbocycles. The zero-order valence-corrected chi connectivity index (χ0v) is 34.6. The molecule has 0 spiro atoms. The molecule has 1 aliphatic rings. The van der Waals surface area contributed by atoms with Crippen LogP contribution in [0.4, 0.5) is 0 Å². The Morgan fingerprint density at radius 1 is 0.649 bits per heavy atom. The second-order valence-corrected chi connectivity index (χ2v) is 11.1. The molecule has 0 radical (unpaired) electrons. The Balaban J connectivity index is 0.000000750. The molecule has 4 aromatic carbocycles. The normalized spacial score (nSPS) is 12.5. The summed E-state index contributed by atoms with van der Waals surface area (Å²) in [7, 11) is -11.4. The molecule has 178 valence electrons. The van der Waals surface area contributed by atoms with Crippen molar-refractivity contribution in [3.8, 4) is 33.4 Å². The van der Waals surface area contributed by atoms with Gasteiger partial charge in [0.15, 0.2) is 0 Å². The van der Waals surface area contributed by atoms with Crippen molar-refractivity contribution in [1.29, 1.82) is 0 Å². The number of rotatable bonds is 3. The SMILES string of the molecule is O=S(=O)([O-])c1ccc(-c2ccc3c(c2)S(=O)(=O)c2cc(-c4cc[c-]cc4)ccc2-3)cc1.O=S(=O)=O.[Cs+].[Cs+]. The van der Waals surface area contributed by atoms with Crippen LogP contribution in [-0.2, 0) is 30.6 Å². The third kappa shape index (κ3) is 7.81. The number of hydrogen-bond donors (Lipinski definition) is 0. The van der Waals surface area contributed by atoms with Gasteiger partial charge < -0.3 is 4.55 Å². The molecule has 13 heteroatoms. The molecule has 0 atom stereocenters. The molecule has 1 heterocycles. The predicted octanol–water partition coefficient (Wildman–Crippen LogP) is -2.46. The molecule has 0 saturated heterocycles. The van der Waals surface area contributed by atoms with E-state index in [9.17, 15) is 21.4 Å². The van der Waals surface area contributed by atoms with Gasteiger partial charge in [0, 0.05) is 11.1 Å². The summed E-state index contributed by atoms with van der Waals surface area (Å²) in [6.07, 6.45) is 0. The minimum absolute atomic E-state index is 0. The van der Waals surface area contributed by atoms with Gasteiger partial charge in [0.2, 0.25) is 9.84 Å². The van der Waals surface area contributed by atoms with Gasteiger partial charge in [-0.05, 0) is 41.0 Å². The minimum atomic E-state index is -4.54. The summed E-state index contributed by atoms with van der Waals surface area (Å²) in [6.45, 7) is 0. The van der Waals surface area contributed by atoms with Gasteiger partial charge in [-0.15, -0.1) is 18.2 Å². The smallest absolute Gasteiger partial charge is 0.744 e. The Morgan fingerprint density at radius 2 is 1.03 bits per heavy atom. The van der Waals surface area contributed by atoms with Crippen LogP contribution in [-0.4, -0.2) is 34.0 Å². The van der Waals surface area contributed by atoms with Gasteiger partial charge >= 0.3 is 148 Å². The average Bonchev–Trinajstić information content (AvgIpc) is 3.05. The van der Waals surface area contributed by atoms with Crippen molar-refractivity contribution in [2.45, 2.75) is 14.7 Å². The van der Waals surface area contributed by atoms with E-state index >= 15 is 0 Å². The minimum Gasteiger partial charge on any atom is -0.744 e. The van der Waals surface area contributed by atoms with Crippen molar-refractivity contribution in [2.75, 3.05) is 0 Å².